The molecule has 12 heavy (non-hydrogen) atoms. The van der Waals surface area contributed by atoms with Crippen molar-refractivity contribution in [2.75, 3.05) is 13.1 Å². The molecule has 0 radical (unpaired) electrons. The number of imidazole rings is 1. The second kappa shape index (κ2) is 3.46. The molecule has 66 valence electrons. The molecule has 0 aliphatic carbocycles. The maximum atomic E-state index is 5.90. The van der Waals surface area contributed by atoms with E-state index >= 15 is 0 Å². The van der Waals surface area contributed by atoms with E-state index in [0.717, 1.165) is 25.9 Å². The minimum absolute atomic E-state index is 0.543. The van der Waals surface area contributed by atoms with Crippen LogP contribution in [0.5, 0.6) is 0 Å². The van der Waals surface area contributed by atoms with Crippen LogP contribution >= 0.6 is 11.6 Å². The molecular formula is C8H12ClN3. The molecule has 2 heterocycles. The molecule has 2 rings (SSSR count). The van der Waals surface area contributed by atoms with Crippen LogP contribution in [0.3, 0.4) is 0 Å². The zero-order valence-electron chi connectivity index (χ0n) is 6.83. The molecule has 0 aromatic carbocycles. The van der Waals surface area contributed by atoms with Gasteiger partial charge in [0.05, 0.1) is 0 Å². The summed E-state index contributed by atoms with van der Waals surface area (Å²) in [5.74, 6) is 0. The summed E-state index contributed by atoms with van der Waals surface area (Å²) in [6.07, 6.45) is 6.01. The topological polar surface area (TPSA) is 29.9 Å². The predicted molar refractivity (Wildman–Crippen MR) is 48.4 cm³/mol. The molecule has 1 fully saturated rings. The molecule has 1 aliphatic rings. The number of hydrogen-bond donors (Lipinski definition) is 1. The van der Waals surface area contributed by atoms with Crippen molar-refractivity contribution in [2.45, 2.75) is 18.9 Å². The molecule has 0 spiro atoms. The first-order valence-corrected chi connectivity index (χ1v) is 4.65. The first-order chi connectivity index (χ1) is 5.88. The molecule has 0 bridgehead atoms. The highest BCUT2D eigenvalue weighted by Crippen LogP contribution is 2.21. The number of hydrogen-bond acceptors (Lipinski definition) is 2. The summed E-state index contributed by atoms with van der Waals surface area (Å²) in [7, 11) is 0. The molecule has 4 heteroatoms. The summed E-state index contributed by atoms with van der Waals surface area (Å²) in [6, 6.07) is 0.543. The van der Waals surface area contributed by atoms with Crippen molar-refractivity contribution in [3.05, 3.63) is 17.7 Å². The molecule has 0 saturated carbocycles. The van der Waals surface area contributed by atoms with Crippen molar-refractivity contribution < 1.29 is 0 Å². The number of rotatable bonds is 1. The van der Waals surface area contributed by atoms with Gasteiger partial charge in [0.25, 0.3) is 0 Å². The number of nitrogens with one attached hydrogen (secondary N) is 1. The monoisotopic (exact) mass is 185 g/mol. The third-order valence-electron chi connectivity index (χ3n) is 2.32. The van der Waals surface area contributed by atoms with Crippen LogP contribution in [0, 0.1) is 0 Å². The summed E-state index contributed by atoms with van der Waals surface area (Å²) in [6.45, 7) is 2.17. The number of halogens is 1. The second-order valence-electron chi connectivity index (χ2n) is 3.08. The molecule has 0 amide bonds. The fraction of sp³-hybridized carbons (Fsp3) is 0.625. The number of aromatic nitrogens is 2. The lowest BCUT2D eigenvalue weighted by atomic mass is 10.1. The van der Waals surface area contributed by atoms with E-state index in [2.05, 4.69) is 14.9 Å². The molecule has 0 atom stereocenters. The zero-order valence-corrected chi connectivity index (χ0v) is 7.59. The van der Waals surface area contributed by atoms with Crippen LogP contribution in [0.25, 0.3) is 0 Å². The van der Waals surface area contributed by atoms with Gasteiger partial charge in [0.1, 0.15) is 0 Å². The molecule has 1 aromatic heterocycles. The molecule has 1 aromatic rings. The second-order valence-corrected chi connectivity index (χ2v) is 3.42. The molecule has 1 N–H and O–H groups in total. The first kappa shape index (κ1) is 8.08. The summed E-state index contributed by atoms with van der Waals surface area (Å²) in [4.78, 5) is 4.00. The van der Waals surface area contributed by atoms with Gasteiger partial charge in [0.15, 0.2) is 0 Å². The van der Waals surface area contributed by atoms with Crippen molar-refractivity contribution in [1.29, 1.82) is 0 Å². The van der Waals surface area contributed by atoms with Crippen LogP contribution in [0.2, 0.25) is 5.28 Å². The van der Waals surface area contributed by atoms with Crippen LogP contribution in [0.4, 0.5) is 0 Å². The van der Waals surface area contributed by atoms with E-state index in [4.69, 9.17) is 11.6 Å². The van der Waals surface area contributed by atoms with Gasteiger partial charge in [0.2, 0.25) is 5.28 Å². The minimum atomic E-state index is 0.543. The predicted octanol–water partition coefficient (Wildman–Crippen LogP) is 1.46. The first-order valence-electron chi connectivity index (χ1n) is 4.27. The van der Waals surface area contributed by atoms with E-state index in [1.54, 1.807) is 6.20 Å². The van der Waals surface area contributed by atoms with Gasteiger partial charge in [-0.3, -0.25) is 0 Å². The third kappa shape index (κ3) is 1.47. The Hall–Kier alpha value is -0.540. The van der Waals surface area contributed by atoms with Crippen LogP contribution in [0.15, 0.2) is 12.4 Å². The van der Waals surface area contributed by atoms with Gasteiger partial charge >= 0.3 is 0 Å². The van der Waals surface area contributed by atoms with Gasteiger partial charge in [0, 0.05) is 18.4 Å². The average Bonchev–Trinajstić information content (AvgIpc) is 2.53. The Labute approximate surface area is 76.7 Å². The Bertz CT molecular complexity index is 253. The van der Waals surface area contributed by atoms with Crippen molar-refractivity contribution >= 4 is 11.6 Å². The van der Waals surface area contributed by atoms with Crippen molar-refractivity contribution in [1.82, 2.24) is 14.9 Å². The van der Waals surface area contributed by atoms with Crippen LogP contribution < -0.4 is 5.32 Å². The van der Waals surface area contributed by atoms with Gasteiger partial charge in [-0.2, -0.15) is 0 Å². The largest absolute Gasteiger partial charge is 0.319 e. The summed E-state index contributed by atoms with van der Waals surface area (Å²) in [5, 5.41) is 3.93. The van der Waals surface area contributed by atoms with Gasteiger partial charge in [-0.25, -0.2) is 4.98 Å². The average molecular weight is 186 g/mol. The lowest BCUT2D eigenvalue weighted by Gasteiger charge is -2.24. The van der Waals surface area contributed by atoms with Crippen molar-refractivity contribution in [3.63, 3.8) is 0 Å². The smallest absolute Gasteiger partial charge is 0.202 e. The van der Waals surface area contributed by atoms with E-state index in [-0.39, 0.29) is 0 Å². The van der Waals surface area contributed by atoms with Gasteiger partial charge in [-0.05, 0) is 37.5 Å². The van der Waals surface area contributed by atoms with Gasteiger partial charge < -0.3 is 9.88 Å². The van der Waals surface area contributed by atoms with E-state index in [0.29, 0.717) is 11.3 Å². The highest BCUT2D eigenvalue weighted by atomic mass is 35.5. The summed E-state index contributed by atoms with van der Waals surface area (Å²) < 4.78 is 2.06. The van der Waals surface area contributed by atoms with Crippen LogP contribution in [0.1, 0.15) is 18.9 Å². The Balaban J connectivity index is 2.13. The highest BCUT2D eigenvalue weighted by molar-refractivity contribution is 6.28. The van der Waals surface area contributed by atoms with Gasteiger partial charge in [-0.15, -0.1) is 0 Å². The quantitative estimate of drug-likeness (QED) is 0.718. The maximum absolute atomic E-state index is 5.90. The zero-order chi connectivity index (χ0) is 8.39. The van der Waals surface area contributed by atoms with Crippen LogP contribution in [-0.2, 0) is 0 Å². The number of nitrogens with zero attached hydrogens (tertiary/aromatic N) is 2. The molecule has 1 aliphatic heterocycles. The lowest BCUT2D eigenvalue weighted by Crippen LogP contribution is -2.29. The Kier molecular flexibility index (Phi) is 2.33. The maximum Gasteiger partial charge on any atom is 0.202 e. The standard InChI is InChI=1S/C8H12ClN3/c9-8-11-5-6-12(8)7-1-3-10-4-2-7/h5-7,10H,1-4H2. The highest BCUT2D eigenvalue weighted by Gasteiger charge is 2.15. The lowest BCUT2D eigenvalue weighted by molar-refractivity contribution is 0.368. The van der Waals surface area contributed by atoms with E-state index in [1.165, 1.54) is 0 Å². The molecule has 1 saturated heterocycles. The Morgan fingerprint density at radius 3 is 2.83 bits per heavy atom. The number of piperidine rings is 1. The fourth-order valence-corrected chi connectivity index (χ4v) is 1.90. The summed E-state index contributed by atoms with van der Waals surface area (Å²) >= 11 is 5.90. The van der Waals surface area contributed by atoms with E-state index in [1.807, 2.05) is 6.20 Å². The summed E-state index contributed by atoms with van der Waals surface area (Å²) in [5.41, 5.74) is 0. The minimum Gasteiger partial charge on any atom is -0.319 e. The Morgan fingerprint density at radius 1 is 1.50 bits per heavy atom. The molecule has 3 nitrogen and oxygen atoms in total. The molecule has 0 unspecified atom stereocenters. The Morgan fingerprint density at radius 2 is 2.25 bits per heavy atom. The normalized spacial score (nSPS) is 19.8. The van der Waals surface area contributed by atoms with Gasteiger partial charge in [-0.1, -0.05) is 0 Å². The fourth-order valence-electron chi connectivity index (χ4n) is 1.65. The van der Waals surface area contributed by atoms with E-state index < -0.39 is 0 Å². The van der Waals surface area contributed by atoms with Crippen LogP contribution in [-0.4, -0.2) is 22.6 Å². The third-order valence-corrected chi connectivity index (χ3v) is 2.62. The van der Waals surface area contributed by atoms with E-state index in [9.17, 15) is 0 Å². The van der Waals surface area contributed by atoms with Crippen molar-refractivity contribution in [2.24, 2.45) is 0 Å². The van der Waals surface area contributed by atoms with Crippen molar-refractivity contribution in [3.8, 4) is 0 Å². The molecular weight excluding hydrogens is 174 g/mol. The SMILES string of the molecule is Clc1nccn1C1CCNCC1.